The summed E-state index contributed by atoms with van der Waals surface area (Å²) in [5, 5.41) is 9.13. The summed E-state index contributed by atoms with van der Waals surface area (Å²) in [5.74, 6) is -2.45. The van der Waals surface area contributed by atoms with Crippen molar-refractivity contribution in [3.8, 4) is 0 Å². The monoisotopic (exact) mass is 279 g/mol. The summed E-state index contributed by atoms with van der Waals surface area (Å²) >= 11 is 0. The molecular formula is C13H13NO6. The summed E-state index contributed by atoms with van der Waals surface area (Å²) < 4.78 is 10.6. The predicted octanol–water partition coefficient (Wildman–Crippen LogP) is 1.42. The summed E-state index contributed by atoms with van der Waals surface area (Å²) in [6.45, 7) is 1.66. The number of carbonyl (C=O) groups is 2. The second-order valence-electron chi connectivity index (χ2n) is 4.17. The van der Waals surface area contributed by atoms with Crippen LogP contribution in [0.1, 0.15) is 29.7 Å². The number of hydrogen-bond acceptors (Lipinski definition) is 5. The van der Waals surface area contributed by atoms with Crippen molar-refractivity contribution in [2.45, 2.75) is 19.4 Å². The predicted molar refractivity (Wildman–Crippen MR) is 68.8 cm³/mol. The Labute approximate surface area is 113 Å². The van der Waals surface area contributed by atoms with Gasteiger partial charge in [0.25, 0.3) is 0 Å². The van der Waals surface area contributed by atoms with E-state index in [-0.39, 0.29) is 17.6 Å². The Bertz CT molecular complexity index is 726. The third kappa shape index (κ3) is 2.18. The van der Waals surface area contributed by atoms with Gasteiger partial charge in [0.15, 0.2) is 5.58 Å². The first-order valence-corrected chi connectivity index (χ1v) is 5.95. The maximum atomic E-state index is 11.8. The van der Waals surface area contributed by atoms with Crippen molar-refractivity contribution >= 4 is 23.0 Å². The molecule has 0 aliphatic rings. The van der Waals surface area contributed by atoms with Crippen molar-refractivity contribution < 1.29 is 23.8 Å². The molecular weight excluding hydrogens is 266 g/mol. The van der Waals surface area contributed by atoms with E-state index in [1.54, 1.807) is 6.92 Å². The number of fused-ring (bicyclic) bond motifs is 1. The van der Waals surface area contributed by atoms with E-state index < -0.39 is 23.7 Å². The van der Waals surface area contributed by atoms with Crippen LogP contribution >= 0.6 is 0 Å². The van der Waals surface area contributed by atoms with Gasteiger partial charge in [-0.3, -0.25) is 4.57 Å². The quantitative estimate of drug-likeness (QED) is 0.850. The standard InChI is InChI=1S/C13H13NO6/c1-3-8(11(15)16)14-9-5-4-7(12(17)19-2)6-10(9)20-13(14)18/h4-6,8H,3H2,1-2H3,(H,15,16). The lowest BCUT2D eigenvalue weighted by Crippen LogP contribution is -2.26. The van der Waals surface area contributed by atoms with E-state index >= 15 is 0 Å². The first kappa shape index (κ1) is 13.9. The van der Waals surface area contributed by atoms with Gasteiger partial charge in [0.2, 0.25) is 0 Å². The molecule has 0 spiro atoms. The lowest BCUT2D eigenvalue weighted by Gasteiger charge is -2.10. The zero-order valence-electron chi connectivity index (χ0n) is 11.0. The number of carboxylic acid groups (broad SMARTS) is 1. The normalized spacial score (nSPS) is 12.3. The Hall–Kier alpha value is -2.57. The molecule has 1 atom stereocenters. The van der Waals surface area contributed by atoms with Crippen molar-refractivity contribution in [3.05, 3.63) is 34.3 Å². The fourth-order valence-corrected chi connectivity index (χ4v) is 2.04. The van der Waals surface area contributed by atoms with Crippen LogP contribution < -0.4 is 5.76 Å². The highest BCUT2D eigenvalue weighted by Gasteiger charge is 2.24. The molecule has 0 aliphatic carbocycles. The highest BCUT2D eigenvalue weighted by Crippen LogP contribution is 2.21. The third-order valence-electron chi connectivity index (χ3n) is 3.02. The van der Waals surface area contributed by atoms with Gasteiger partial charge in [-0.05, 0) is 24.6 Å². The minimum absolute atomic E-state index is 0.151. The number of aliphatic carboxylic acids is 1. The molecule has 1 heterocycles. The summed E-state index contributed by atoms with van der Waals surface area (Å²) in [7, 11) is 1.24. The van der Waals surface area contributed by atoms with Crippen LogP contribution in [-0.2, 0) is 9.53 Å². The molecule has 20 heavy (non-hydrogen) atoms. The van der Waals surface area contributed by atoms with Crippen molar-refractivity contribution in [1.29, 1.82) is 0 Å². The van der Waals surface area contributed by atoms with Gasteiger partial charge in [0.05, 0.1) is 18.2 Å². The van der Waals surface area contributed by atoms with Crippen molar-refractivity contribution in [2.24, 2.45) is 0 Å². The van der Waals surface area contributed by atoms with Crippen LogP contribution in [0.5, 0.6) is 0 Å². The number of rotatable bonds is 4. The Balaban J connectivity index is 2.64. The number of oxazole rings is 1. The van der Waals surface area contributed by atoms with Crippen LogP contribution in [-0.4, -0.2) is 28.7 Å². The van der Waals surface area contributed by atoms with Crippen molar-refractivity contribution in [1.82, 2.24) is 4.57 Å². The number of methoxy groups -OCH3 is 1. The Morgan fingerprint density at radius 1 is 1.45 bits per heavy atom. The number of aromatic nitrogens is 1. The van der Waals surface area contributed by atoms with Gasteiger partial charge in [-0.1, -0.05) is 6.92 Å². The lowest BCUT2D eigenvalue weighted by molar-refractivity contribution is -0.141. The van der Waals surface area contributed by atoms with Gasteiger partial charge in [-0.25, -0.2) is 14.4 Å². The van der Waals surface area contributed by atoms with Crippen molar-refractivity contribution in [3.63, 3.8) is 0 Å². The largest absolute Gasteiger partial charge is 0.480 e. The fourth-order valence-electron chi connectivity index (χ4n) is 2.04. The molecule has 1 aromatic heterocycles. The van der Waals surface area contributed by atoms with Gasteiger partial charge in [0.1, 0.15) is 6.04 Å². The smallest absolute Gasteiger partial charge is 0.420 e. The van der Waals surface area contributed by atoms with Crippen LogP contribution in [0.3, 0.4) is 0 Å². The number of carbonyl (C=O) groups excluding carboxylic acids is 1. The Morgan fingerprint density at radius 2 is 2.15 bits per heavy atom. The fraction of sp³-hybridized carbons (Fsp3) is 0.308. The average Bonchev–Trinajstić information content (AvgIpc) is 2.74. The summed E-state index contributed by atoms with van der Waals surface area (Å²) in [4.78, 5) is 34.4. The highest BCUT2D eigenvalue weighted by atomic mass is 16.5. The van der Waals surface area contributed by atoms with Gasteiger partial charge < -0.3 is 14.3 Å². The molecule has 0 aliphatic heterocycles. The minimum Gasteiger partial charge on any atom is -0.480 e. The molecule has 2 aromatic rings. The van der Waals surface area contributed by atoms with E-state index in [0.29, 0.717) is 5.52 Å². The topological polar surface area (TPSA) is 98.7 Å². The lowest BCUT2D eigenvalue weighted by atomic mass is 10.2. The molecule has 1 unspecified atom stereocenters. The van der Waals surface area contributed by atoms with Crippen LogP contribution in [0, 0.1) is 0 Å². The summed E-state index contributed by atoms with van der Waals surface area (Å²) in [6.07, 6.45) is 0.239. The zero-order chi connectivity index (χ0) is 14.9. The second kappa shape index (κ2) is 5.20. The van der Waals surface area contributed by atoms with Crippen LogP contribution in [0.2, 0.25) is 0 Å². The number of carboxylic acids is 1. The molecule has 7 nitrogen and oxygen atoms in total. The van der Waals surface area contributed by atoms with Crippen LogP contribution in [0.25, 0.3) is 11.1 Å². The van der Waals surface area contributed by atoms with Gasteiger partial charge in [-0.15, -0.1) is 0 Å². The SMILES string of the molecule is CCC(C(=O)O)n1c(=O)oc2cc(C(=O)OC)ccc21. The number of benzene rings is 1. The Kier molecular flexibility index (Phi) is 3.60. The van der Waals surface area contributed by atoms with E-state index in [1.807, 2.05) is 0 Å². The molecule has 0 radical (unpaired) electrons. The molecule has 7 heteroatoms. The van der Waals surface area contributed by atoms with Gasteiger partial charge >= 0.3 is 17.7 Å². The van der Waals surface area contributed by atoms with E-state index in [4.69, 9.17) is 9.52 Å². The number of esters is 1. The average molecular weight is 279 g/mol. The van der Waals surface area contributed by atoms with Crippen LogP contribution in [0.4, 0.5) is 0 Å². The minimum atomic E-state index is -1.12. The van der Waals surface area contributed by atoms with Crippen molar-refractivity contribution in [2.75, 3.05) is 7.11 Å². The van der Waals surface area contributed by atoms with Crippen LogP contribution in [0.15, 0.2) is 27.4 Å². The van der Waals surface area contributed by atoms with Gasteiger partial charge in [0, 0.05) is 0 Å². The first-order chi connectivity index (χ1) is 9.49. The van der Waals surface area contributed by atoms with E-state index in [1.165, 1.54) is 25.3 Å². The molecule has 106 valence electrons. The molecule has 0 amide bonds. The number of hydrogen-bond donors (Lipinski definition) is 1. The highest BCUT2D eigenvalue weighted by molar-refractivity contribution is 5.93. The van der Waals surface area contributed by atoms with E-state index in [9.17, 15) is 14.4 Å². The molecule has 0 saturated carbocycles. The molecule has 0 bridgehead atoms. The number of nitrogens with zero attached hydrogens (tertiary/aromatic N) is 1. The second-order valence-corrected chi connectivity index (χ2v) is 4.17. The first-order valence-electron chi connectivity index (χ1n) is 5.95. The molecule has 1 N–H and O–H groups in total. The summed E-state index contributed by atoms with van der Waals surface area (Å²) in [5.41, 5.74) is 0.707. The third-order valence-corrected chi connectivity index (χ3v) is 3.02. The molecule has 1 aromatic carbocycles. The summed E-state index contributed by atoms with van der Waals surface area (Å²) in [6, 6.07) is 3.27. The molecule has 0 saturated heterocycles. The Morgan fingerprint density at radius 3 is 2.70 bits per heavy atom. The number of ether oxygens (including phenoxy) is 1. The van der Waals surface area contributed by atoms with E-state index in [2.05, 4.69) is 4.74 Å². The maximum Gasteiger partial charge on any atom is 0.420 e. The van der Waals surface area contributed by atoms with E-state index in [0.717, 1.165) is 4.57 Å². The zero-order valence-corrected chi connectivity index (χ0v) is 11.0. The maximum absolute atomic E-state index is 11.8. The molecule has 2 rings (SSSR count). The molecule has 0 fully saturated rings. The van der Waals surface area contributed by atoms with Gasteiger partial charge in [-0.2, -0.15) is 0 Å².